The van der Waals surface area contributed by atoms with Gasteiger partial charge in [-0.3, -0.25) is 0 Å². The van der Waals surface area contributed by atoms with E-state index in [9.17, 15) is 8.42 Å². The Morgan fingerprint density at radius 2 is 2.22 bits per heavy atom. The summed E-state index contributed by atoms with van der Waals surface area (Å²) in [6, 6.07) is 0. The summed E-state index contributed by atoms with van der Waals surface area (Å²) in [6.45, 7) is 5.28. The lowest BCUT2D eigenvalue weighted by atomic mass is 10.0. The van der Waals surface area contributed by atoms with E-state index >= 15 is 0 Å². The number of sulfone groups is 1. The second-order valence-corrected chi connectivity index (χ2v) is 7.23. The van der Waals surface area contributed by atoms with Crippen molar-refractivity contribution in [1.82, 2.24) is 15.5 Å². The highest BCUT2D eigenvalue weighted by molar-refractivity contribution is 7.90. The highest BCUT2D eigenvalue weighted by Crippen LogP contribution is 2.20. The van der Waals surface area contributed by atoms with E-state index in [4.69, 9.17) is 9.26 Å². The average molecular weight is 275 g/mol. The van der Waals surface area contributed by atoms with E-state index in [0.717, 1.165) is 19.3 Å². The molecule has 1 aliphatic rings. The van der Waals surface area contributed by atoms with Gasteiger partial charge in [-0.25, -0.2) is 8.42 Å². The van der Waals surface area contributed by atoms with Crippen molar-refractivity contribution in [2.75, 3.05) is 19.3 Å². The molecule has 1 aromatic heterocycles. The van der Waals surface area contributed by atoms with Gasteiger partial charge in [-0.05, 0) is 13.8 Å². The Balaban J connectivity index is 1.98. The Morgan fingerprint density at radius 3 is 2.72 bits per heavy atom. The summed E-state index contributed by atoms with van der Waals surface area (Å²) in [4.78, 5) is 4.04. The third kappa shape index (κ3) is 2.88. The minimum atomic E-state index is -3.22. The Morgan fingerprint density at radius 1 is 1.56 bits per heavy atom. The molecular formula is C10H17N3O4S. The molecule has 0 radical (unpaired) electrons. The van der Waals surface area contributed by atoms with E-state index in [2.05, 4.69) is 15.5 Å². The topological polar surface area (TPSA) is 94.3 Å². The van der Waals surface area contributed by atoms with Crippen molar-refractivity contribution in [3.63, 3.8) is 0 Å². The summed E-state index contributed by atoms with van der Waals surface area (Å²) >= 11 is 0. The van der Waals surface area contributed by atoms with Gasteiger partial charge in [-0.15, -0.1) is 0 Å². The summed E-state index contributed by atoms with van der Waals surface area (Å²) < 4.78 is 33.3. The van der Waals surface area contributed by atoms with Crippen LogP contribution >= 0.6 is 0 Å². The molecule has 0 aromatic carbocycles. The van der Waals surface area contributed by atoms with Crippen LogP contribution in [0.15, 0.2) is 4.52 Å². The van der Waals surface area contributed by atoms with Crippen molar-refractivity contribution in [1.29, 1.82) is 0 Å². The molecule has 1 atom stereocenters. The minimum Gasteiger partial charge on any atom is -0.363 e. The van der Waals surface area contributed by atoms with Crippen LogP contribution in [0.5, 0.6) is 0 Å². The Labute approximate surface area is 106 Å². The lowest BCUT2D eigenvalue weighted by Gasteiger charge is -2.38. The molecule has 0 spiro atoms. The van der Waals surface area contributed by atoms with Crippen molar-refractivity contribution < 1.29 is 17.7 Å². The maximum atomic E-state index is 11.4. The largest absolute Gasteiger partial charge is 0.363 e. The molecule has 1 N–H and O–H groups in total. The lowest BCUT2D eigenvalue weighted by molar-refractivity contribution is -0.0841. The van der Waals surface area contributed by atoms with Gasteiger partial charge in [0.2, 0.25) is 0 Å². The first-order chi connectivity index (χ1) is 8.30. The number of nitrogens with one attached hydrogen (secondary N) is 1. The molecule has 1 fully saturated rings. The molecule has 18 heavy (non-hydrogen) atoms. The highest BCUT2D eigenvalue weighted by Gasteiger charge is 2.33. The van der Waals surface area contributed by atoms with Crippen LogP contribution in [-0.4, -0.2) is 43.5 Å². The molecule has 0 bridgehead atoms. The smallest absolute Gasteiger partial charge is 0.252 e. The van der Waals surface area contributed by atoms with Crippen LogP contribution in [0.2, 0.25) is 0 Å². The minimum absolute atomic E-state index is 0.174. The van der Waals surface area contributed by atoms with Crippen LogP contribution in [0.1, 0.15) is 30.8 Å². The zero-order valence-corrected chi connectivity index (χ0v) is 11.5. The van der Waals surface area contributed by atoms with Gasteiger partial charge in [-0.1, -0.05) is 5.16 Å². The fourth-order valence-corrected chi connectivity index (χ4v) is 1.98. The van der Waals surface area contributed by atoms with Crippen molar-refractivity contribution in [2.45, 2.75) is 31.3 Å². The van der Waals surface area contributed by atoms with E-state index in [0.29, 0.717) is 5.89 Å². The third-order valence-corrected chi connectivity index (χ3v) is 4.53. The molecule has 0 aliphatic carbocycles. The molecule has 2 heterocycles. The normalized spacial score (nSPS) is 20.4. The standard InChI is InChI=1S/C10H17N3O4S/c1-7(18(3,14)15)9-12-8(17-13-9)4-16-10(2)5-11-6-10/h7,11H,4-6H2,1-3H3. The maximum absolute atomic E-state index is 11.4. The molecule has 1 unspecified atom stereocenters. The van der Waals surface area contributed by atoms with Crippen LogP contribution in [0.4, 0.5) is 0 Å². The number of ether oxygens (including phenoxy) is 1. The average Bonchev–Trinajstić information content (AvgIpc) is 2.70. The summed E-state index contributed by atoms with van der Waals surface area (Å²) in [5.74, 6) is 0.474. The van der Waals surface area contributed by atoms with Gasteiger partial charge in [-0.2, -0.15) is 4.98 Å². The first-order valence-corrected chi connectivity index (χ1v) is 7.62. The SMILES string of the molecule is CC(c1noc(COC2(C)CNC2)n1)S(C)(=O)=O. The van der Waals surface area contributed by atoms with Gasteiger partial charge >= 0.3 is 0 Å². The maximum Gasteiger partial charge on any atom is 0.252 e. The molecule has 2 rings (SSSR count). The number of hydrogen-bond acceptors (Lipinski definition) is 7. The van der Waals surface area contributed by atoms with Crippen LogP contribution in [0, 0.1) is 0 Å². The first kappa shape index (κ1) is 13.4. The second-order valence-electron chi connectivity index (χ2n) is 4.86. The van der Waals surface area contributed by atoms with Crippen molar-refractivity contribution in [3.05, 3.63) is 11.7 Å². The molecular weight excluding hydrogens is 258 g/mol. The fraction of sp³-hybridized carbons (Fsp3) is 0.800. The van der Waals surface area contributed by atoms with Crippen molar-refractivity contribution in [2.24, 2.45) is 0 Å². The molecule has 102 valence electrons. The van der Waals surface area contributed by atoms with Gasteiger partial charge in [0, 0.05) is 19.3 Å². The van der Waals surface area contributed by atoms with E-state index < -0.39 is 15.1 Å². The third-order valence-electron chi connectivity index (χ3n) is 3.03. The predicted octanol–water partition coefficient (Wildman–Crippen LogP) is 0.0537. The van der Waals surface area contributed by atoms with Crippen molar-refractivity contribution >= 4 is 9.84 Å². The number of rotatable bonds is 5. The van der Waals surface area contributed by atoms with Crippen LogP contribution < -0.4 is 5.32 Å². The Bertz CT molecular complexity index is 521. The summed E-state index contributed by atoms with van der Waals surface area (Å²) in [5.41, 5.74) is -0.197. The zero-order chi connectivity index (χ0) is 13.4. The van der Waals surface area contributed by atoms with E-state index in [-0.39, 0.29) is 18.0 Å². The summed E-state index contributed by atoms with van der Waals surface area (Å²) in [5, 5.41) is 6.01. The van der Waals surface area contributed by atoms with Gasteiger partial charge in [0.15, 0.2) is 15.7 Å². The number of nitrogens with zero attached hydrogens (tertiary/aromatic N) is 2. The predicted molar refractivity (Wildman–Crippen MR) is 63.6 cm³/mol. The van der Waals surface area contributed by atoms with Crippen LogP contribution in [-0.2, 0) is 21.2 Å². The molecule has 1 aromatic rings. The van der Waals surface area contributed by atoms with E-state index in [1.165, 1.54) is 6.92 Å². The summed E-state index contributed by atoms with van der Waals surface area (Å²) in [7, 11) is -3.22. The van der Waals surface area contributed by atoms with E-state index in [1.807, 2.05) is 6.92 Å². The highest BCUT2D eigenvalue weighted by atomic mass is 32.2. The molecule has 1 saturated heterocycles. The van der Waals surface area contributed by atoms with Crippen LogP contribution in [0.25, 0.3) is 0 Å². The number of hydrogen-bond donors (Lipinski definition) is 1. The molecule has 0 saturated carbocycles. The molecule has 7 nitrogen and oxygen atoms in total. The first-order valence-electron chi connectivity index (χ1n) is 5.66. The fourth-order valence-electron chi connectivity index (χ4n) is 1.50. The molecule has 0 amide bonds. The Kier molecular flexibility index (Phi) is 3.43. The number of aromatic nitrogens is 2. The monoisotopic (exact) mass is 275 g/mol. The molecule has 1 aliphatic heterocycles. The second kappa shape index (κ2) is 4.60. The molecule has 8 heteroatoms. The van der Waals surface area contributed by atoms with E-state index in [1.54, 1.807) is 0 Å². The van der Waals surface area contributed by atoms with Crippen molar-refractivity contribution in [3.8, 4) is 0 Å². The quantitative estimate of drug-likeness (QED) is 0.811. The lowest BCUT2D eigenvalue weighted by Crippen LogP contribution is -2.58. The zero-order valence-electron chi connectivity index (χ0n) is 10.6. The van der Waals surface area contributed by atoms with Gasteiger partial charge in [0.1, 0.15) is 11.9 Å². The van der Waals surface area contributed by atoms with Crippen LogP contribution in [0.3, 0.4) is 0 Å². The van der Waals surface area contributed by atoms with Gasteiger partial charge in [0.05, 0.1) is 5.60 Å². The van der Waals surface area contributed by atoms with Gasteiger partial charge in [0.25, 0.3) is 5.89 Å². The summed E-state index contributed by atoms with van der Waals surface area (Å²) in [6.07, 6.45) is 1.14. The van der Waals surface area contributed by atoms with Gasteiger partial charge < -0.3 is 14.6 Å². The Hall–Kier alpha value is -0.990.